The second-order valence-electron chi connectivity index (χ2n) is 8.43. The van der Waals surface area contributed by atoms with Crippen molar-refractivity contribution in [3.8, 4) is 5.75 Å². The van der Waals surface area contributed by atoms with Crippen molar-refractivity contribution in [1.29, 1.82) is 0 Å². The first-order valence-electron chi connectivity index (χ1n) is 11.4. The number of nitrogens with one attached hydrogen (secondary N) is 1. The molecule has 2 N–H and O–H groups in total. The van der Waals surface area contributed by atoms with Gasteiger partial charge in [-0.1, -0.05) is 0 Å². The fourth-order valence-corrected chi connectivity index (χ4v) is 4.26. The summed E-state index contributed by atoms with van der Waals surface area (Å²) in [5, 5.41) is 12.5. The number of rotatable bonds is 7. The maximum Gasteiger partial charge on any atom is 0.339 e. The first kappa shape index (κ1) is 23.5. The number of nitrogens with zero attached hydrogens (tertiary/aromatic N) is 4. The minimum atomic E-state index is -1.12. The molecule has 0 radical (unpaired) electrons. The van der Waals surface area contributed by atoms with Gasteiger partial charge >= 0.3 is 5.97 Å². The lowest BCUT2D eigenvalue weighted by Crippen LogP contribution is -2.50. The molecule has 34 heavy (non-hydrogen) atoms. The average Bonchev–Trinajstić information content (AvgIpc) is 3.40. The number of methoxy groups -OCH3 is 1. The van der Waals surface area contributed by atoms with Gasteiger partial charge in [0.05, 0.1) is 25.5 Å². The molecule has 0 atom stereocenters. The summed E-state index contributed by atoms with van der Waals surface area (Å²) in [6.45, 7) is 4.50. The lowest BCUT2D eigenvalue weighted by atomic mass is 10.1. The molecule has 180 valence electrons. The van der Waals surface area contributed by atoms with E-state index in [-0.39, 0.29) is 17.4 Å². The standard InChI is InChI=1S/C24H29N5O5/c1-34-19-6-4-17(5-7-19)23(31)26-18-14-20(24(32)33)22(25-15-18)29-12-10-27(11-13-29)16-21(30)28-8-2-3-9-28/h4-7,14-15H,2-3,8-13,16H2,1H3,(H,26,31)(H,32,33). The van der Waals surface area contributed by atoms with Crippen LogP contribution < -0.4 is 15.0 Å². The summed E-state index contributed by atoms with van der Waals surface area (Å²) in [6.07, 6.45) is 3.60. The lowest BCUT2D eigenvalue weighted by Gasteiger charge is -2.36. The van der Waals surface area contributed by atoms with Gasteiger partial charge in [-0.25, -0.2) is 9.78 Å². The summed E-state index contributed by atoms with van der Waals surface area (Å²) >= 11 is 0. The van der Waals surface area contributed by atoms with Crippen LogP contribution in [0.5, 0.6) is 5.75 Å². The van der Waals surface area contributed by atoms with Gasteiger partial charge in [-0.15, -0.1) is 0 Å². The number of pyridine rings is 1. The van der Waals surface area contributed by atoms with Crippen LogP contribution in [0.4, 0.5) is 11.5 Å². The Kier molecular flexibility index (Phi) is 7.27. The van der Waals surface area contributed by atoms with E-state index in [2.05, 4.69) is 15.2 Å². The monoisotopic (exact) mass is 467 g/mol. The number of carbonyl (C=O) groups excluding carboxylic acids is 2. The molecule has 2 saturated heterocycles. The van der Waals surface area contributed by atoms with Gasteiger partial charge in [-0.2, -0.15) is 0 Å². The lowest BCUT2D eigenvalue weighted by molar-refractivity contribution is -0.131. The quantitative estimate of drug-likeness (QED) is 0.633. The highest BCUT2D eigenvalue weighted by molar-refractivity contribution is 6.05. The van der Waals surface area contributed by atoms with Gasteiger partial charge in [0.1, 0.15) is 17.1 Å². The Morgan fingerprint density at radius 1 is 1.03 bits per heavy atom. The molecule has 1 aromatic carbocycles. The fourth-order valence-electron chi connectivity index (χ4n) is 4.26. The third kappa shape index (κ3) is 5.45. The third-order valence-electron chi connectivity index (χ3n) is 6.20. The second-order valence-corrected chi connectivity index (χ2v) is 8.43. The highest BCUT2D eigenvalue weighted by Gasteiger charge is 2.26. The molecular formula is C24H29N5O5. The maximum absolute atomic E-state index is 12.5. The normalized spacial score (nSPS) is 16.4. The van der Waals surface area contributed by atoms with Crippen molar-refractivity contribution < 1.29 is 24.2 Å². The molecule has 2 aliphatic heterocycles. The predicted octanol–water partition coefficient (Wildman–Crippen LogP) is 1.79. The molecule has 2 aromatic rings. The Balaban J connectivity index is 1.39. The van der Waals surface area contributed by atoms with E-state index in [0.717, 1.165) is 25.9 Å². The predicted molar refractivity (Wildman–Crippen MR) is 127 cm³/mol. The number of carboxylic acids is 1. The summed E-state index contributed by atoms with van der Waals surface area (Å²) in [5.41, 5.74) is 0.743. The number of carboxylic acid groups (broad SMARTS) is 1. The van der Waals surface area contributed by atoms with Crippen molar-refractivity contribution >= 4 is 29.3 Å². The Labute approximate surface area is 198 Å². The summed E-state index contributed by atoms with van der Waals surface area (Å²) in [5.74, 6) is -0.330. The number of hydrogen-bond donors (Lipinski definition) is 2. The summed E-state index contributed by atoms with van der Waals surface area (Å²) in [6, 6.07) is 8.04. The summed E-state index contributed by atoms with van der Waals surface area (Å²) < 4.78 is 5.10. The minimum absolute atomic E-state index is 0.0223. The molecule has 0 unspecified atom stereocenters. The number of aromatic carboxylic acids is 1. The van der Waals surface area contributed by atoms with Crippen LogP contribution >= 0.6 is 0 Å². The van der Waals surface area contributed by atoms with E-state index in [9.17, 15) is 19.5 Å². The van der Waals surface area contributed by atoms with Crippen LogP contribution in [-0.4, -0.2) is 90.6 Å². The van der Waals surface area contributed by atoms with Crippen LogP contribution in [0.25, 0.3) is 0 Å². The zero-order valence-corrected chi connectivity index (χ0v) is 19.2. The molecule has 4 rings (SSSR count). The highest BCUT2D eigenvalue weighted by atomic mass is 16.5. The number of hydrogen-bond acceptors (Lipinski definition) is 7. The molecule has 10 heteroatoms. The maximum atomic E-state index is 12.5. The van der Waals surface area contributed by atoms with E-state index >= 15 is 0 Å². The third-order valence-corrected chi connectivity index (χ3v) is 6.20. The Hall–Kier alpha value is -3.66. The topological polar surface area (TPSA) is 115 Å². The first-order valence-corrected chi connectivity index (χ1v) is 11.4. The second kappa shape index (κ2) is 10.5. The van der Waals surface area contributed by atoms with E-state index in [1.807, 2.05) is 9.80 Å². The Bertz CT molecular complexity index is 1040. The van der Waals surface area contributed by atoms with E-state index in [0.29, 0.717) is 55.5 Å². The fraction of sp³-hybridized carbons (Fsp3) is 0.417. The highest BCUT2D eigenvalue weighted by Crippen LogP contribution is 2.23. The van der Waals surface area contributed by atoms with Crippen LogP contribution in [-0.2, 0) is 4.79 Å². The van der Waals surface area contributed by atoms with E-state index in [4.69, 9.17) is 4.74 Å². The molecule has 0 aliphatic carbocycles. The molecule has 0 bridgehead atoms. The van der Waals surface area contributed by atoms with Crippen molar-refractivity contribution in [2.75, 3.05) is 63.1 Å². The number of amides is 2. The van der Waals surface area contributed by atoms with Crippen molar-refractivity contribution in [2.45, 2.75) is 12.8 Å². The number of anilines is 2. The molecule has 2 amide bonds. The van der Waals surface area contributed by atoms with E-state index in [1.54, 1.807) is 31.4 Å². The molecular weight excluding hydrogens is 438 g/mol. The van der Waals surface area contributed by atoms with Gasteiger partial charge in [0.15, 0.2) is 0 Å². The number of benzene rings is 1. The largest absolute Gasteiger partial charge is 0.497 e. The van der Waals surface area contributed by atoms with Crippen LogP contribution in [0.3, 0.4) is 0 Å². The van der Waals surface area contributed by atoms with Gasteiger partial charge in [0.25, 0.3) is 5.91 Å². The van der Waals surface area contributed by atoms with Crippen molar-refractivity contribution in [3.63, 3.8) is 0 Å². The molecule has 0 spiro atoms. The van der Waals surface area contributed by atoms with Crippen molar-refractivity contribution in [3.05, 3.63) is 47.7 Å². The minimum Gasteiger partial charge on any atom is -0.497 e. The van der Waals surface area contributed by atoms with Crippen molar-refractivity contribution in [1.82, 2.24) is 14.8 Å². The molecule has 0 saturated carbocycles. The number of carbonyl (C=O) groups is 3. The van der Waals surface area contributed by atoms with Gasteiger partial charge in [0.2, 0.25) is 5.91 Å². The van der Waals surface area contributed by atoms with Gasteiger partial charge in [0, 0.05) is 44.8 Å². The zero-order chi connectivity index (χ0) is 24.1. The van der Waals surface area contributed by atoms with E-state index in [1.165, 1.54) is 12.3 Å². The Morgan fingerprint density at radius 3 is 2.32 bits per heavy atom. The average molecular weight is 468 g/mol. The first-order chi connectivity index (χ1) is 16.4. The number of piperazine rings is 1. The molecule has 2 aliphatic rings. The van der Waals surface area contributed by atoms with E-state index < -0.39 is 5.97 Å². The van der Waals surface area contributed by atoms with Crippen LogP contribution in [0, 0.1) is 0 Å². The Morgan fingerprint density at radius 2 is 1.71 bits per heavy atom. The smallest absolute Gasteiger partial charge is 0.339 e. The molecule has 3 heterocycles. The van der Waals surface area contributed by atoms with Crippen LogP contribution in [0.15, 0.2) is 36.5 Å². The van der Waals surface area contributed by atoms with Gasteiger partial charge in [-0.05, 0) is 43.2 Å². The summed E-state index contributed by atoms with van der Waals surface area (Å²) in [4.78, 5) is 47.2. The molecule has 2 fully saturated rings. The number of aromatic nitrogens is 1. The van der Waals surface area contributed by atoms with Gasteiger partial charge in [-0.3, -0.25) is 14.5 Å². The van der Waals surface area contributed by atoms with Crippen LogP contribution in [0.1, 0.15) is 33.6 Å². The molecule has 10 nitrogen and oxygen atoms in total. The van der Waals surface area contributed by atoms with Crippen molar-refractivity contribution in [2.24, 2.45) is 0 Å². The van der Waals surface area contributed by atoms with Crippen LogP contribution in [0.2, 0.25) is 0 Å². The van der Waals surface area contributed by atoms with Gasteiger partial charge < -0.3 is 25.0 Å². The number of ether oxygens (including phenoxy) is 1. The number of likely N-dealkylation sites (tertiary alicyclic amines) is 1. The summed E-state index contributed by atoms with van der Waals surface area (Å²) in [7, 11) is 1.55. The SMILES string of the molecule is COc1ccc(C(=O)Nc2cnc(N3CCN(CC(=O)N4CCCC4)CC3)c(C(=O)O)c2)cc1. The molecule has 1 aromatic heterocycles. The zero-order valence-electron chi connectivity index (χ0n) is 19.2.